The Bertz CT molecular complexity index is 507. The van der Waals surface area contributed by atoms with Gasteiger partial charge in [-0.2, -0.15) is 0 Å². The van der Waals surface area contributed by atoms with Gasteiger partial charge in [0.05, 0.1) is 6.61 Å². The third-order valence-electron chi connectivity index (χ3n) is 2.80. The molecule has 0 amide bonds. The lowest BCUT2D eigenvalue weighted by molar-refractivity contribution is 0.317. The first-order valence-corrected chi connectivity index (χ1v) is 7.57. The molecule has 3 heteroatoms. The molecule has 1 N–H and O–H groups in total. The predicted octanol–water partition coefficient (Wildman–Crippen LogP) is 4.14. The van der Waals surface area contributed by atoms with Gasteiger partial charge in [0.1, 0.15) is 5.75 Å². The maximum atomic E-state index is 5.64. The largest absolute Gasteiger partial charge is 0.494 e. The number of thiophene rings is 1. The third kappa shape index (κ3) is 4.69. The van der Waals surface area contributed by atoms with Crippen LogP contribution >= 0.6 is 11.3 Å². The van der Waals surface area contributed by atoms with Crippen molar-refractivity contribution in [3.8, 4) is 5.75 Å². The van der Waals surface area contributed by atoms with E-state index in [-0.39, 0.29) is 0 Å². The summed E-state index contributed by atoms with van der Waals surface area (Å²) in [6.45, 7) is 6.85. The van der Waals surface area contributed by atoms with Crippen LogP contribution in [0.5, 0.6) is 5.75 Å². The van der Waals surface area contributed by atoms with E-state index in [1.54, 1.807) is 0 Å². The van der Waals surface area contributed by atoms with Gasteiger partial charge in [-0.1, -0.05) is 19.1 Å². The lowest BCUT2D eigenvalue weighted by atomic mass is 10.2. The van der Waals surface area contributed by atoms with Gasteiger partial charge >= 0.3 is 0 Å². The zero-order valence-electron chi connectivity index (χ0n) is 11.6. The van der Waals surface area contributed by atoms with Gasteiger partial charge in [0, 0.05) is 22.8 Å². The van der Waals surface area contributed by atoms with Crippen molar-refractivity contribution in [2.45, 2.75) is 33.4 Å². The van der Waals surface area contributed by atoms with E-state index in [9.17, 15) is 0 Å². The molecular formula is C16H21NOS. The molecule has 1 heterocycles. The van der Waals surface area contributed by atoms with Gasteiger partial charge < -0.3 is 10.1 Å². The maximum Gasteiger partial charge on any atom is 0.119 e. The Morgan fingerprint density at radius 1 is 1.16 bits per heavy atom. The Labute approximate surface area is 119 Å². The standard InChI is InChI=1S/C16H21NOS/c1-3-9-18-15-6-4-5-14(10-15)11-17-12-16-8-7-13(2)19-16/h4-8,10,17H,3,9,11-12H2,1-2H3. The van der Waals surface area contributed by atoms with Gasteiger partial charge in [-0.3, -0.25) is 0 Å². The second-order valence-corrected chi connectivity index (χ2v) is 5.98. The van der Waals surface area contributed by atoms with Crippen molar-refractivity contribution >= 4 is 11.3 Å². The molecule has 2 nitrogen and oxygen atoms in total. The molecule has 0 aliphatic rings. The molecule has 1 aromatic carbocycles. The number of nitrogens with one attached hydrogen (secondary N) is 1. The van der Waals surface area contributed by atoms with Gasteiger partial charge in [-0.25, -0.2) is 0 Å². The number of aryl methyl sites for hydroxylation is 1. The van der Waals surface area contributed by atoms with Crippen molar-refractivity contribution in [1.29, 1.82) is 0 Å². The quantitative estimate of drug-likeness (QED) is 0.820. The summed E-state index contributed by atoms with van der Waals surface area (Å²) in [7, 11) is 0. The summed E-state index contributed by atoms with van der Waals surface area (Å²) >= 11 is 1.85. The Morgan fingerprint density at radius 2 is 2.05 bits per heavy atom. The Hall–Kier alpha value is -1.32. The first kappa shape index (κ1) is 14.1. The molecule has 2 rings (SSSR count). The van der Waals surface area contributed by atoms with Crippen LogP contribution in [0.2, 0.25) is 0 Å². The fraction of sp³-hybridized carbons (Fsp3) is 0.375. The van der Waals surface area contributed by atoms with Gasteiger partial charge in [0.15, 0.2) is 0 Å². The van der Waals surface area contributed by atoms with Crippen LogP contribution in [0.15, 0.2) is 36.4 Å². The van der Waals surface area contributed by atoms with Crippen molar-refractivity contribution < 1.29 is 4.74 Å². The van der Waals surface area contributed by atoms with Gasteiger partial charge in [0.2, 0.25) is 0 Å². The first-order chi connectivity index (χ1) is 9.28. The number of rotatable bonds is 7. The average molecular weight is 275 g/mol. The van der Waals surface area contributed by atoms with E-state index in [1.807, 2.05) is 17.4 Å². The van der Waals surface area contributed by atoms with Crippen LogP contribution in [0, 0.1) is 6.92 Å². The minimum Gasteiger partial charge on any atom is -0.494 e. The minimum absolute atomic E-state index is 0.783. The van der Waals surface area contributed by atoms with Crippen molar-refractivity contribution in [2.75, 3.05) is 6.61 Å². The van der Waals surface area contributed by atoms with E-state index in [0.29, 0.717) is 0 Å². The highest BCUT2D eigenvalue weighted by atomic mass is 32.1. The van der Waals surface area contributed by atoms with Crippen LogP contribution in [0.1, 0.15) is 28.7 Å². The van der Waals surface area contributed by atoms with Gasteiger partial charge in [-0.15, -0.1) is 11.3 Å². The third-order valence-corrected chi connectivity index (χ3v) is 3.80. The molecule has 0 bridgehead atoms. The molecule has 19 heavy (non-hydrogen) atoms. The summed E-state index contributed by atoms with van der Waals surface area (Å²) in [5.41, 5.74) is 1.27. The summed E-state index contributed by atoms with van der Waals surface area (Å²) in [6, 6.07) is 12.7. The fourth-order valence-corrected chi connectivity index (χ4v) is 2.74. The summed E-state index contributed by atoms with van der Waals surface area (Å²) in [5, 5.41) is 3.47. The normalized spacial score (nSPS) is 10.6. The Morgan fingerprint density at radius 3 is 2.79 bits per heavy atom. The summed E-state index contributed by atoms with van der Waals surface area (Å²) in [6.07, 6.45) is 1.04. The van der Waals surface area contributed by atoms with Crippen molar-refractivity contribution in [1.82, 2.24) is 5.32 Å². The minimum atomic E-state index is 0.783. The molecule has 0 atom stereocenters. The summed E-state index contributed by atoms with van der Waals surface area (Å²) in [4.78, 5) is 2.75. The van der Waals surface area contributed by atoms with Gasteiger partial charge in [0.25, 0.3) is 0 Å². The lowest BCUT2D eigenvalue weighted by Gasteiger charge is -2.07. The highest BCUT2D eigenvalue weighted by Gasteiger charge is 1.99. The zero-order chi connectivity index (χ0) is 13.5. The smallest absolute Gasteiger partial charge is 0.119 e. The molecule has 0 aliphatic heterocycles. The number of ether oxygens (including phenoxy) is 1. The lowest BCUT2D eigenvalue weighted by Crippen LogP contribution is -2.11. The molecule has 0 unspecified atom stereocenters. The van der Waals surface area contributed by atoms with Crippen molar-refractivity contribution in [3.05, 3.63) is 51.7 Å². The van der Waals surface area contributed by atoms with E-state index in [2.05, 4.69) is 49.5 Å². The first-order valence-electron chi connectivity index (χ1n) is 6.75. The van der Waals surface area contributed by atoms with Crippen LogP contribution < -0.4 is 10.1 Å². The second kappa shape index (κ2) is 7.31. The second-order valence-electron chi connectivity index (χ2n) is 4.61. The SMILES string of the molecule is CCCOc1cccc(CNCc2ccc(C)s2)c1. The number of hydrogen-bond donors (Lipinski definition) is 1. The van der Waals surface area contributed by atoms with Crippen LogP contribution in [0.4, 0.5) is 0 Å². The molecule has 0 fully saturated rings. The molecule has 1 aromatic heterocycles. The van der Waals surface area contributed by atoms with Crippen LogP contribution in [0.25, 0.3) is 0 Å². The van der Waals surface area contributed by atoms with Crippen LogP contribution in [0.3, 0.4) is 0 Å². The highest BCUT2D eigenvalue weighted by molar-refractivity contribution is 7.11. The molecule has 2 aromatic rings. The number of benzene rings is 1. The Kier molecular flexibility index (Phi) is 5.43. The molecule has 0 spiro atoms. The molecule has 0 saturated heterocycles. The predicted molar refractivity (Wildman–Crippen MR) is 81.8 cm³/mol. The molecule has 102 valence electrons. The summed E-state index contributed by atoms with van der Waals surface area (Å²) < 4.78 is 5.64. The molecule has 0 radical (unpaired) electrons. The number of hydrogen-bond acceptors (Lipinski definition) is 3. The van der Waals surface area contributed by atoms with E-state index in [0.717, 1.165) is 31.9 Å². The average Bonchev–Trinajstić information content (AvgIpc) is 2.83. The van der Waals surface area contributed by atoms with Crippen LogP contribution in [-0.2, 0) is 13.1 Å². The van der Waals surface area contributed by atoms with Crippen molar-refractivity contribution in [2.24, 2.45) is 0 Å². The topological polar surface area (TPSA) is 21.3 Å². The monoisotopic (exact) mass is 275 g/mol. The van der Waals surface area contributed by atoms with E-state index in [4.69, 9.17) is 4.74 Å². The Balaban J connectivity index is 1.82. The summed E-state index contributed by atoms with van der Waals surface area (Å²) in [5.74, 6) is 0.966. The van der Waals surface area contributed by atoms with E-state index >= 15 is 0 Å². The van der Waals surface area contributed by atoms with E-state index in [1.165, 1.54) is 15.3 Å². The molecule has 0 aliphatic carbocycles. The van der Waals surface area contributed by atoms with Gasteiger partial charge in [-0.05, 0) is 43.2 Å². The maximum absolute atomic E-state index is 5.64. The zero-order valence-corrected chi connectivity index (χ0v) is 12.4. The molecular weight excluding hydrogens is 254 g/mol. The molecule has 0 saturated carbocycles. The van der Waals surface area contributed by atoms with Crippen LogP contribution in [-0.4, -0.2) is 6.61 Å². The fourth-order valence-electron chi connectivity index (χ4n) is 1.88. The van der Waals surface area contributed by atoms with Crippen molar-refractivity contribution in [3.63, 3.8) is 0 Å². The highest BCUT2D eigenvalue weighted by Crippen LogP contribution is 2.16. The van der Waals surface area contributed by atoms with E-state index < -0.39 is 0 Å².